The van der Waals surface area contributed by atoms with E-state index in [1.807, 2.05) is 44.2 Å². The van der Waals surface area contributed by atoms with E-state index in [9.17, 15) is 13.2 Å². The van der Waals surface area contributed by atoms with Crippen LogP contribution in [0.2, 0.25) is 0 Å². The third-order valence-electron chi connectivity index (χ3n) is 6.07. The number of amides is 1. The highest BCUT2D eigenvalue weighted by Crippen LogP contribution is 2.34. The predicted molar refractivity (Wildman–Crippen MR) is 126 cm³/mol. The minimum absolute atomic E-state index is 0.0615. The molecule has 1 unspecified atom stereocenters. The average Bonchev–Trinajstić information content (AvgIpc) is 2.86. The van der Waals surface area contributed by atoms with Crippen molar-refractivity contribution in [2.24, 2.45) is 0 Å². The Morgan fingerprint density at radius 3 is 2.33 bits per heavy atom. The van der Waals surface area contributed by atoms with E-state index in [0.29, 0.717) is 38.1 Å². The molecule has 180 valence electrons. The molecule has 1 amide bonds. The molecule has 1 aliphatic heterocycles. The molecule has 1 saturated heterocycles. The Kier molecular flexibility index (Phi) is 8.47. The lowest BCUT2D eigenvalue weighted by Gasteiger charge is -2.44. The summed E-state index contributed by atoms with van der Waals surface area (Å²) < 4.78 is 34.5. The normalized spacial score (nSPS) is 16.8. The molecule has 1 fully saturated rings. The maximum absolute atomic E-state index is 14.0. The number of methoxy groups -OCH3 is 1. The van der Waals surface area contributed by atoms with Crippen LogP contribution in [0.25, 0.3) is 0 Å². The molecule has 1 atom stereocenters. The molecule has 33 heavy (non-hydrogen) atoms. The molecule has 3 rings (SSSR count). The van der Waals surface area contributed by atoms with Gasteiger partial charge in [-0.1, -0.05) is 37.3 Å². The summed E-state index contributed by atoms with van der Waals surface area (Å²) in [6, 6.07) is 15.5. The van der Waals surface area contributed by atoms with Gasteiger partial charge in [-0.3, -0.25) is 9.63 Å². The van der Waals surface area contributed by atoms with E-state index < -0.39 is 21.5 Å². The van der Waals surface area contributed by atoms with Gasteiger partial charge in [-0.2, -0.15) is 4.31 Å². The minimum Gasteiger partial charge on any atom is -0.497 e. The topological polar surface area (TPSA) is 97.0 Å². The van der Waals surface area contributed by atoms with Crippen LogP contribution in [-0.2, 0) is 26.2 Å². The van der Waals surface area contributed by atoms with Crippen molar-refractivity contribution >= 4 is 15.9 Å². The fourth-order valence-corrected chi connectivity index (χ4v) is 5.63. The van der Waals surface area contributed by atoms with E-state index in [-0.39, 0.29) is 17.5 Å². The number of hydroxylamine groups is 1. The van der Waals surface area contributed by atoms with Crippen molar-refractivity contribution in [2.45, 2.75) is 56.2 Å². The summed E-state index contributed by atoms with van der Waals surface area (Å²) in [4.78, 5) is 19.2. The number of carbonyl (C=O) groups is 1. The molecule has 8 nitrogen and oxygen atoms in total. The number of nitrogens with zero attached hydrogens (tertiary/aromatic N) is 1. The van der Waals surface area contributed by atoms with Gasteiger partial charge in [0.05, 0.1) is 18.1 Å². The van der Waals surface area contributed by atoms with Crippen LogP contribution in [0.5, 0.6) is 5.75 Å². The first-order valence-corrected chi connectivity index (χ1v) is 12.6. The molecular formula is C24H33N3O5S. The van der Waals surface area contributed by atoms with Crippen LogP contribution >= 0.6 is 0 Å². The molecule has 0 bridgehead atoms. The van der Waals surface area contributed by atoms with E-state index in [1.54, 1.807) is 12.1 Å². The second-order valence-electron chi connectivity index (χ2n) is 8.22. The van der Waals surface area contributed by atoms with Gasteiger partial charge in [0.25, 0.3) is 5.91 Å². The molecule has 2 aromatic carbocycles. The number of hydrogen-bond acceptors (Lipinski definition) is 6. The Bertz CT molecular complexity index is 1010. The number of rotatable bonds is 10. The Balaban J connectivity index is 2.07. The first-order valence-electron chi connectivity index (χ1n) is 11.2. The average molecular weight is 476 g/mol. The van der Waals surface area contributed by atoms with E-state index in [4.69, 9.17) is 9.57 Å². The number of carbonyl (C=O) groups excluding carboxylic acids is 1. The Labute approximate surface area is 196 Å². The third kappa shape index (κ3) is 5.73. The maximum atomic E-state index is 14.0. The van der Waals surface area contributed by atoms with Crippen LogP contribution < -0.4 is 15.5 Å². The summed E-state index contributed by atoms with van der Waals surface area (Å²) in [5, 5.41) is 3.24. The quantitative estimate of drug-likeness (QED) is 0.513. The molecule has 0 radical (unpaired) electrons. The molecule has 0 spiro atoms. The monoisotopic (exact) mass is 475 g/mol. The highest BCUT2D eigenvalue weighted by Gasteiger charge is 2.50. The lowest BCUT2D eigenvalue weighted by atomic mass is 9.87. The predicted octanol–water partition coefficient (Wildman–Crippen LogP) is 2.85. The Hall–Kier alpha value is -2.46. The van der Waals surface area contributed by atoms with Crippen molar-refractivity contribution in [2.75, 3.05) is 20.2 Å². The van der Waals surface area contributed by atoms with Gasteiger partial charge in [0, 0.05) is 6.54 Å². The number of ether oxygens (including phenoxy) is 1. The van der Waals surface area contributed by atoms with Crippen molar-refractivity contribution in [1.82, 2.24) is 15.1 Å². The fourth-order valence-electron chi connectivity index (χ4n) is 3.85. The van der Waals surface area contributed by atoms with Crippen molar-refractivity contribution in [3.8, 4) is 5.75 Å². The standard InChI is InChI=1S/C24H33N3O5S/c1-4-19(2)32-26-23(28)24(14-16-25-17-15-24)27(18-20-8-6-5-7-9-20)33(29,30)22-12-10-21(31-3)11-13-22/h5-13,19,25H,4,14-18H2,1-3H3,(H,26,28). The molecule has 1 heterocycles. The maximum Gasteiger partial charge on any atom is 0.265 e. The van der Waals surface area contributed by atoms with Crippen LogP contribution in [-0.4, -0.2) is 50.5 Å². The molecular weight excluding hydrogens is 442 g/mol. The van der Waals surface area contributed by atoms with Crippen molar-refractivity contribution < 1.29 is 22.8 Å². The summed E-state index contributed by atoms with van der Waals surface area (Å²) in [7, 11) is -2.51. The molecule has 2 aromatic rings. The molecule has 0 aliphatic carbocycles. The summed E-state index contributed by atoms with van der Waals surface area (Å²) >= 11 is 0. The largest absolute Gasteiger partial charge is 0.497 e. The first kappa shape index (κ1) is 25.2. The zero-order chi connectivity index (χ0) is 23.9. The van der Waals surface area contributed by atoms with E-state index in [2.05, 4.69) is 10.8 Å². The highest BCUT2D eigenvalue weighted by atomic mass is 32.2. The van der Waals surface area contributed by atoms with Gasteiger partial charge >= 0.3 is 0 Å². The van der Waals surface area contributed by atoms with Crippen LogP contribution in [0.1, 0.15) is 38.7 Å². The molecule has 2 N–H and O–H groups in total. The molecule has 9 heteroatoms. The third-order valence-corrected chi connectivity index (χ3v) is 8.00. The first-order chi connectivity index (χ1) is 15.8. The smallest absolute Gasteiger partial charge is 0.265 e. The highest BCUT2D eigenvalue weighted by molar-refractivity contribution is 7.89. The van der Waals surface area contributed by atoms with Crippen LogP contribution in [0.3, 0.4) is 0 Å². The zero-order valence-electron chi connectivity index (χ0n) is 19.4. The number of hydrogen-bond donors (Lipinski definition) is 2. The summed E-state index contributed by atoms with van der Waals surface area (Å²) in [5.41, 5.74) is 2.06. The van der Waals surface area contributed by atoms with Gasteiger partial charge < -0.3 is 10.1 Å². The molecule has 0 aromatic heterocycles. The Morgan fingerprint density at radius 1 is 1.12 bits per heavy atom. The summed E-state index contributed by atoms with van der Waals surface area (Å²) in [6.45, 7) is 4.89. The van der Waals surface area contributed by atoms with Gasteiger partial charge in [-0.15, -0.1) is 0 Å². The van der Waals surface area contributed by atoms with Gasteiger partial charge in [0.15, 0.2) is 0 Å². The van der Waals surface area contributed by atoms with Crippen LogP contribution in [0.4, 0.5) is 0 Å². The fraction of sp³-hybridized carbons (Fsp3) is 0.458. The van der Waals surface area contributed by atoms with E-state index in [1.165, 1.54) is 23.5 Å². The van der Waals surface area contributed by atoms with E-state index >= 15 is 0 Å². The van der Waals surface area contributed by atoms with Crippen molar-refractivity contribution in [1.29, 1.82) is 0 Å². The SMILES string of the molecule is CCC(C)ONC(=O)C1(N(Cc2ccccc2)S(=O)(=O)c2ccc(OC)cc2)CCNCC1. The van der Waals surface area contributed by atoms with Crippen molar-refractivity contribution in [3.05, 3.63) is 60.2 Å². The molecule has 0 saturated carbocycles. The van der Waals surface area contributed by atoms with Crippen LogP contribution in [0.15, 0.2) is 59.5 Å². The molecule has 1 aliphatic rings. The number of benzene rings is 2. The zero-order valence-corrected chi connectivity index (χ0v) is 20.2. The lowest BCUT2D eigenvalue weighted by molar-refractivity contribution is -0.150. The summed E-state index contributed by atoms with van der Waals surface area (Å²) in [5.74, 6) is 0.108. The van der Waals surface area contributed by atoms with Gasteiger partial charge in [-0.25, -0.2) is 13.9 Å². The second kappa shape index (κ2) is 11.1. The number of nitrogens with one attached hydrogen (secondary N) is 2. The van der Waals surface area contributed by atoms with Crippen LogP contribution in [0, 0.1) is 0 Å². The number of piperidine rings is 1. The summed E-state index contributed by atoms with van der Waals surface area (Å²) in [6.07, 6.45) is 1.18. The second-order valence-corrected chi connectivity index (χ2v) is 10.1. The van der Waals surface area contributed by atoms with E-state index in [0.717, 1.165) is 5.56 Å². The van der Waals surface area contributed by atoms with Gasteiger partial charge in [0.2, 0.25) is 10.0 Å². The van der Waals surface area contributed by atoms with Crippen molar-refractivity contribution in [3.63, 3.8) is 0 Å². The minimum atomic E-state index is -4.04. The van der Waals surface area contributed by atoms with Gasteiger partial charge in [0.1, 0.15) is 11.3 Å². The Morgan fingerprint density at radius 2 is 1.76 bits per heavy atom. The lowest BCUT2D eigenvalue weighted by Crippen LogP contribution is -2.64. The van der Waals surface area contributed by atoms with Gasteiger partial charge in [-0.05, 0) is 69.1 Å². The number of sulfonamides is 1.